The van der Waals surface area contributed by atoms with Crippen molar-refractivity contribution >= 4 is 11.4 Å². The molecule has 0 N–H and O–H groups in total. The Morgan fingerprint density at radius 2 is 1.83 bits per heavy atom. The van der Waals surface area contributed by atoms with E-state index in [-0.39, 0.29) is 56.9 Å². The third-order valence-electron chi connectivity index (χ3n) is 4.11. The van der Waals surface area contributed by atoms with Gasteiger partial charge in [-0.15, -0.1) is 0 Å². The topological polar surface area (TPSA) is 34.7 Å². The third kappa shape index (κ3) is 2.56. The number of nitrogens with zero attached hydrogens (tertiary/aromatic N) is 2. The molecule has 0 aromatic carbocycles. The van der Waals surface area contributed by atoms with Crippen molar-refractivity contribution in [2.75, 3.05) is 0 Å². The summed E-state index contributed by atoms with van der Waals surface area (Å²) in [5, 5.41) is 9.70. The maximum absolute atomic E-state index is 9.70. The van der Waals surface area contributed by atoms with Gasteiger partial charge in [0.15, 0.2) is 0 Å². The van der Waals surface area contributed by atoms with Gasteiger partial charge in [0, 0.05) is 5.57 Å². The molecule has 2 nitrogen and oxygen atoms in total. The van der Waals surface area contributed by atoms with Crippen LogP contribution in [0.2, 0.25) is 0 Å². The number of hydrogen-bond acceptors (Lipinski definition) is 1. The number of dihydropyridines is 1. The van der Waals surface area contributed by atoms with Crippen LogP contribution >= 0.6 is 0 Å². The molecule has 1 aliphatic heterocycles. The number of hydrogen-bond donors (Lipinski definition) is 0. The smallest absolute Gasteiger partial charge is 0.804 e. The van der Waals surface area contributed by atoms with E-state index in [1.165, 1.54) is 11.1 Å². The summed E-state index contributed by atoms with van der Waals surface area (Å²) in [5.41, 5.74) is 5.94. The summed E-state index contributed by atoms with van der Waals surface area (Å²) in [5.74, 6) is 0. The standard InChI is InChI=1S/C15H19N2.K/c1-6-15(5)11(4)10(3)13-8-12(16)7-9(2)14(13)17-15;/h7-8H,6H2,1-5H3;/q-1;+1. The minimum atomic E-state index is -0.0984. The Kier molecular flexibility index (Phi) is 5.12. The summed E-state index contributed by atoms with van der Waals surface area (Å²) < 4.78 is 0. The van der Waals surface area contributed by atoms with Crippen LogP contribution in [0.4, 0.5) is 0 Å². The minimum Gasteiger partial charge on any atom is -0.804 e. The van der Waals surface area contributed by atoms with E-state index < -0.39 is 0 Å². The summed E-state index contributed by atoms with van der Waals surface area (Å²) in [4.78, 5) is 4.90. The Morgan fingerprint density at radius 1 is 1.22 bits per heavy atom. The third-order valence-corrected chi connectivity index (χ3v) is 4.11. The van der Waals surface area contributed by atoms with Gasteiger partial charge in [0.1, 0.15) is 0 Å². The van der Waals surface area contributed by atoms with E-state index in [1.54, 1.807) is 6.08 Å². The van der Waals surface area contributed by atoms with Crippen LogP contribution in [0.1, 0.15) is 41.0 Å². The number of fused-ring (bicyclic) bond motifs is 1. The van der Waals surface area contributed by atoms with Gasteiger partial charge in [-0.05, 0) is 50.8 Å². The summed E-state index contributed by atoms with van der Waals surface area (Å²) >= 11 is 0. The van der Waals surface area contributed by atoms with Crippen molar-refractivity contribution in [3.63, 3.8) is 0 Å². The fraction of sp³-hybridized carbons (Fsp3) is 0.467. The first-order valence-electron chi connectivity index (χ1n) is 6.14. The summed E-state index contributed by atoms with van der Waals surface area (Å²) in [6, 6.07) is 0. The molecule has 0 aromatic rings. The molecule has 0 bridgehead atoms. The number of aliphatic imine (C=N–C) groups is 1. The van der Waals surface area contributed by atoms with Crippen LogP contribution in [0.3, 0.4) is 0 Å². The van der Waals surface area contributed by atoms with Crippen molar-refractivity contribution < 1.29 is 51.4 Å². The van der Waals surface area contributed by atoms with Gasteiger partial charge in [-0.2, -0.15) is 5.71 Å². The Hall–Kier alpha value is 0.196. The molecule has 0 saturated carbocycles. The van der Waals surface area contributed by atoms with Gasteiger partial charge in [-0.25, -0.2) is 0 Å². The predicted octanol–water partition coefficient (Wildman–Crippen LogP) is 0.847. The van der Waals surface area contributed by atoms with E-state index in [4.69, 9.17) is 4.99 Å². The first-order valence-corrected chi connectivity index (χ1v) is 6.14. The normalized spacial score (nSPS) is 26.9. The van der Waals surface area contributed by atoms with Gasteiger partial charge < -0.3 is 5.41 Å². The second-order valence-corrected chi connectivity index (χ2v) is 5.15. The van der Waals surface area contributed by atoms with Crippen molar-refractivity contribution in [3.8, 4) is 0 Å². The average molecular weight is 266 g/mol. The molecule has 1 heterocycles. The summed E-state index contributed by atoms with van der Waals surface area (Å²) in [7, 11) is 0. The zero-order valence-corrected chi connectivity index (χ0v) is 15.4. The van der Waals surface area contributed by atoms with Crippen LogP contribution < -0.4 is 51.4 Å². The molecule has 90 valence electrons. The average Bonchev–Trinajstić information content (AvgIpc) is 2.28. The van der Waals surface area contributed by atoms with Crippen molar-refractivity contribution in [2.24, 2.45) is 4.99 Å². The van der Waals surface area contributed by atoms with Crippen LogP contribution in [-0.4, -0.2) is 17.0 Å². The molecule has 3 heteroatoms. The molecule has 0 aromatic heterocycles. The molecule has 0 fully saturated rings. The second kappa shape index (κ2) is 5.67. The maximum Gasteiger partial charge on any atom is 1.00 e. The van der Waals surface area contributed by atoms with E-state index in [0.29, 0.717) is 5.71 Å². The second-order valence-electron chi connectivity index (χ2n) is 5.15. The summed E-state index contributed by atoms with van der Waals surface area (Å²) in [6.07, 6.45) is 4.60. The molecule has 1 aliphatic carbocycles. The van der Waals surface area contributed by atoms with Gasteiger partial charge in [0.2, 0.25) is 0 Å². The minimum absolute atomic E-state index is 0. The Labute approximate surface area is 152 Å². The van der Waals surface area contributed by atoms with Crippen molar-refractivity contribution in [1.29, 1.82) is 0 Å². The summed E-state index contributed by atoms with van der Waals surface area (Å²) in [6.45, 7) is 10.6. The molecule has 2 aliphatic rings. The molecule has 1 atom stereocenters. The van der Waals surface area contributed by atoms with E-state index in [9.17, 15) is 5.41 Å². The molecular formula is C15H19KN2. The van der Waals surface area contributed by atoms with Gasteiger partial charge in [0.25, 0.3) is 0 Å². The van der Waals surface area contributed by atoms with Gasteiger partial charge in [0.05, 0.1) is 11.3 Å². The zero-order chi connectivity index (χ0) is 12.8. The van der Waals surface area contributed by atoms with Crippen LogP contribution in [0.5, 0.6) is 0 Å². The first-order chi connectivity index (χ1) is 7.89. The Morgan fingerprint density at radius 3 is 2.39 bits per heavy atom. The molecule has 18 heavy (non-hydrogen) atoms. The zero-order valence-electron chi connectivity index (χ0n) is 12.3. The fourth-order valence-corrected chi connectivity index (χ4v) is 2.48. The van der Waals surface area contributed by atoms with E-state index in [0.717, 1.165) is 23.3 Å². The molecule has 2 rings (SSSR count). The number of allylic oxidation sites excluding steroid dienone is 5. The molecule has 0 amide bonds. The molecule has 0 saturated heterocycles. The van der Waals surface area contributed by atoms with Gasteiger partial charge in [-0.1, -0.05) is 19.1 Å². The molecule has 1 unspecified atom stereocenters. The van der Waals surface area contributed by atoms with Crippen LogP contribution in [0.25, 0.3) is 5.41 Å². The van der Waals surface area contributed by atoms with Gasteiger partial charge >= 0.3 is 51.4 Å². The van der Waals surface area contributed by atoms with Crippen molar-refractivity contribution in [2.45, 2.75) is 46.6 Å². The van der Waals surface area contributed by atoms with Crippen molar-refractivity contribution in [3.05, 3.63) is 39.9 Å². The van der Waals surface area contributed by atoms with E-state index in [1.807, 2.05) is 13.0 Å². The van der Waals surface area contributed by atoms with E-state index >= 15 is 0 Å². The Balaban J connectivity index is 0.00000162. The first kappa shape index (κ1) is 16.3. The van der Waals surface area contributed by atoms with Crippen molar-refractivity contribution in [1.82, 2.24) is 0 Å². The monoisotopic (exact) mass is 266 g/mol. The fourth-order valence-electron chi connectivity index (χ4n) is 2.48. The largest absolute Gasteiger partial charge is 1.00 e. The van der Waals surface area contributed by atoms with Crippen LogP contribution in [0.15, 0.2) is 39.4 Å². The Bertz CT molecular complexity index is 521. The van der Waals surface area contributed by atoms with Crippen LogP contribution in [0, 0.1) is 0 Å². The van der Waals surface area contributed by atoms with Gasteiger partial charge in [-0.3, -0.25) is 4.99 Å². The predicted molar refractivity (Wildman–Crippen MR) is 74.7 cm³/mol. The maximum atomic E-state index is 9.70. The van der Waals surface area contributed by atoms with Crippen LogP contribution in [-0.2, 0) is 0 Å². The van der Waals surface area contributed by atoms with E-state index in [2.05, 4.69) is 27.7 Å². The number of rotatable bonds is 1. The molecular weight excluding hydrogens is 247 g/mol. The SMILES string of the molecule is CCC1(C)N=C2C(C)=CC(=[N-])C=C2C(C)=C1C.[K+]. The molecule has 0 radical (unpaired) electrons. The molecule has 0 spiro atoms. The quantitative estimate of drug-likeness (QED) is 0.498.